The lowest BCUT2D eigenvalue weighted by atomic mass is 9.93. The fourth-order valence-corrected chi connectivity index (χ4v) is 2.24. The third-order valence-electron chi connectivity index (χ3n) is 3.35. The van der Waals surface area contributed by atoms with Crippen LogP contribution >= 0.6 is 11.6 Å². The lowest BCUT2D eigenvalue weighted by Crippen LogP contribution is -2.24. The van der Waals surface area contributed by atoms with Crippen LogP contribution in [-0.2, 0) is 4.74 Å². The summed E-state index contributed by atoms with van der Waals surface area (Å²) in [6, 6.07) is 5.01. The zero-order chi connectivity index (χ0) is 19.5. The number of aromatic nitrogens is 3. The lowest BCUT2D eigenvalue weighted by Gasteiger charge is -2.19. The van der Waals surface area contributed by atoms with E-state index in [1.54, 1.807) is 49.8 Å². The fourth-order valence-electron chi connectivity index (χ4n) is 2.01. The van der Waals surface area contributed by atoms with Gasteiger partial charge in [-0.3, -0.25) is 0 Å². The predicted molar refractivity (Wildman–Crippen MR) is 101 cm³/mol. The summed E-state index contributed by atoms with van der Waals surface area (Å²) >= 11 is 6.16. The average Bonchev–Trinajstić information content (AvgIpc) is 2.92. The minimum Gasteiger partial charge on any atom is -0.477 e. The molecular weight excluding hydrogens is 354 g/mol. The van der Waals surface area contributed by atoms with Crippen molar-refractivity contribution in [2.24, 2.45) is 5.41 Å². The smallest absolute Gasteiger partial charge is 0.341 e. The van der Waals surface area contributed by atoms with Crippen molar-refractivity contribution in [1.29, 1.82) is 0 Å². The monoisotopic (exact) mass is 379 g/mol. The van der Waals surface area contributed by atoms with Crippen LogP contribution in [0.3, 0.4) is 0 Å². The van der Waals surface area contributed by atoms with Crippen LogP contribution in [0.15, 0.2) is 24.4 Å². The van der Waals surface area contributed by atoms with E-state index in [1.165, 1.54) is 0 Å². The Morgan fingerprint density at radius 2 is 1.85 bits per heavy atom. The molecule has 26 heavy (non-hydrogen) atoms. The molecule has 0 atom stereocenters. The summed E-state index contributed by atoms with van der Waals surface area (Å²) in [5, 5.41) is 4.40. The van der Waals surface area contributed by atoms with Gasteiger partial charge < -0.3 is 9.47 Å². The third-order valence-corrected chi connectivity index (χ3v) is 3.64. The lowest BCUT2D eigenvalue weighted by molar-refractivity contribution is 0.00693. The van der Waals surface area contributed by atoms with Crippen LogP contribution in [0.5, 0.6) is 5.88 Å². The van der Waals surface area contributed by atoms with Crippen LogP contribution in [0.1, 0.15) is 58.3 Å². The second kappa shape index (κ2) is 7.66. The third kappa shape index (κ3) is 6.02. The van der Waals surface area contributed by atoms with E-state index in [-0.39, 0.29) is 16.1 Å². The van der Waals surface area contributed by atoms with Crippen molar-refractivity contribution < 1.29 is 14.3 Å². The molecule has 0 radical (unpaired) electrons. The Morgan fingerprint density at radius 3 is 2.42 bits per heavy atom. The van der Waals surface area contributed by atoms with Gasteiger partial charge in [0.2, 0.25) is 5.88 Å². The van der Waals surface area contributed by atoms with Gasteiger partial charge in [-0.05, 0) is 44.7 Å². The molecule has 0 N–H and O–H groups in total. The summed E-state index contributed by atoms with van der Waals surface area (Å²) in [5.41, 5.74) is -0.172. The first-order chi connectivity index (χ1) is 11.9. The van der Waals surface area contributed by atoms with E-state index in [0.717, 1.165) is 6.42 Å². The van der Waals surface area contributed by atoms with Gasteiger partial charge in [-0.1, -0.05) is 32.4 Å². The molecule has 0 aliphatic rings. The molecule has 142 valence electrons. The van der Waals surface area contributed by atoms with E-state index < -0.39 is 11.6 Å². The Hall–Kier alpha value is -2.08. The van der Waals surface area contributed by atoms with E-state index in [1.807, 2.05) is 0 Å². The Bertz CT molecular complexity index is 773. The molecule has 0 aliphatic heterocycles. The largest absolute Gasteiger partial charge is 0.477 e. The van der Waals surface area contributed by atoms with Gasteiger partial charge in [0.15, 0.2) is 5.82 Å². The minimum atomic E-state index is -0.597. The number of rotatable bonds is 5. The van der Waals surface area contributed by atoms with Crippen molar-refractivity contribution >= 4 is 17.6 Å². The standard InChI is InChI=1S/C19H26ClN3O3/c1-18(2,3)10-12-25-15-9-11-23(22-15)14-8-7-13(16(20)21-14)17(24)26-19(4,5)6/h7-9,11H,10,12H2,1-6H3. The quantitative estimate of drug-likeness (QED) is 0.556. The topological polar surface area (TPSA) is 66.2 Å². The van der Waals surface area contributed by atoms with Gasteiger partial charge >= 0.3 is 5.97 Å². The molecule has 0 spiro atoms. The highest BCUT2D eigenvalue weighted by molar-refractivity contribution is 6.32. The van der Waals surface area contributed by atoms with E-state index >= 15 is 0 Å². The molecule has 0 unspecified atom stereocenters. The van der Waals surface area contributed by atoms with Crippen LogP contribution in [0.4, 0.5) is 0 Å². The first-order valence-electron chi connectivity index (χ1n) is 8.53. The molecule has 0 aliphatic carbocycles. The van der Waals surface area contributed by atoms with Gasteiger partial charge in [-0.2, -0.15) is 0 Å². The Balaban J connectivity index is 2.08. The number of ether oxygens (including phenoxy) is 2. The maximum absolute atomic E-state index is 12.1. The molecule has 7 heteroatoms. The summed E-state index contributed by atoms with van der Waals surface area (Å²) in [6.07, 6.45) is 2.66. The zero-order valence-electron chi connectivity index (χ0n) is 16.2. The SMILES string of the molecule is CC(C)(C)CCOc1ccn(-c2ccc(C(=O)OC(C)(C)C)c(Cl)n2)n1. The Kier molecular flexibility index (Phi) is 5.96. The normalized spacial score (nSPS) is 12.1. The summed E-state index contributed by atoms with van der Waals surface area (Å²) in [6.45, 7) is 12.5. The van der Waals surface area contributed by atoms with Crippen LogP contribution in [0, 0.1) is 5.41 Å². The number of hydrogen-bond donors (Lipinski definition) is 0. The summed E-state index contributed by atoms with van der Waals surface area (Å²) in [4.78, 5) is 16.4. The van der Waals surface area contributed by atoms with Crippen molar-refractivity contribution in [3.63, 3.8) is 0 Å². The molecule has 0 saturated heterocycles. The number of carbonyl (C=O) groups excluding carboxylic acids is 1. The van der Waals surface area contributed by atoms with E-state index in [2.05, 4.69) is 30.9 Å². The van der Waals surface area contributed by atoms with E-state index in [4.69, 9.17) is 21.1 Å². The van der Waals surface area contributed by atoms with Gasteiger partial charge in [0.25, 0.3) is 0 Å². The molecule has 0 amide bonds. The van der Waals surface area contributed by atoms with Crippen LogP contribution in [-0.4, -0.2) is 32.9 Å². The van der Waals surface area contributed by atoms with Gasteiger partial charge in [0, 0.05) is 12.3 Å². The number of nitrogens with zero attached hydrogens (tertiary/aromatic N) is 3. The summed E-state index contributed by atoms with van der Waals surface area (Å²) < 4.78 is 12.5. The predicted octanol–water partition coefficient (Wildman–Crippen LogP) is 4.69. The number of carbonyl (C=O) groups is 1. The van der Waals surface area contributed by atoms with Gasteiger partial charge in [0.1, 0.15) is 10.8 Å². The van der Waals surface area contributed by atoms with Crippen LogP contribution < -0.4 is 4.74 Å². The van der Waals surface area contributed by atoms with Gasteiger partial charge in [-0.15, -0.1) is 5.10 Å². The highest BCUT2D eigenvalue weighted by Crippen LogP contribution is 2.21. The molecule has 0 fully saturated rings. The number of esters is 1. The molecule has 2 rings (SSSR count). The summed E-state index contributed by atoms with van der Waals surface area (Å²) in [5.74, 6) is 0.504. The zero-order valence-corrected chi connectivity index (χ0v) is 16.9. The minimum absolute atomic E-state index is 0.0717. The van der Waals surface area contributed by atoms with Crippen molar-refractivity contribution in [2.45, 2.75) is 53.6 Å². The number of hydrogen-bond acceptors (Lipinski definition) is 5. The summed E-state index contributed by atoms with van der Waals surface area (Å²) in [7, 11) is 0. The van der Waals surface area contributed by atoms with Crippen LogP contribution in [0.2, 0.25) is 5.15 Å². The van der Waals surface area contributed by atoms with Crippen molar-refractivity contribution in [1.82, 2.24) is 14.8 Å². The molecular formula is C19H26ClN3O3. The molecule has 0 aromatic carbocycles. The first kappa shape index (κ1) is 20.2. The first-order valence-corrected chi connectivity index (χ1v) is 8.91. The maximum atomic E-state index is 12.1. The van der Waals surface area contributed by atoms with Crippen LogP contribution in [0.25, 0.3) is 5.82 Å². The van der Waals surface area contributed by atoms with E-state index in [9.17, 15) is 4.79 Å². The highest BCUT2D eigenvalue weighted by atomic mass is 35.5. The van der Waals surface area contributed by atoms with Gasteiger partial charge in [0.05, 0.1) is 12.2 Å². The van der Waals surface area contributed by atoms with Crippen molar-refractivity contribution in [3.8, 4) is 11.7 Å². The molecule has 2 aromatic rings. The highest BCUT2D eigenvalue weighted by Gasteiger charge is 2.21. The molecule has 6 nitrogen and oxygen atoms in total. The van der Waals surface area contributed by atoms with Gasteiger partial charge in [-0.25, -0.2) is 14.5 Å². The number of halogens is 1. The van der Waals surface area contributed by atoms with Crippen molar-refractivity contribution in [3.05, 3.63) is 35.1 Å². The maximum Gasteiger partial charge on any atom is 0.341 e. The molecule has 2 heterocycles. The van der Waals surface area contributed by atoms with Crippen molar-refractivity contribution in [2.75, 3.05) is 6.61 Å². The average molecular weight is 380 g/mol. The second-order valence-corrected chi connectivity index (χ2v) is 8.63. The molecule has 2 aromatic heterocycles. The number of pyridine rings is 1. The fraction of sp³-hybridized carbons (Fsp3) is 0.526. The second-order valence-electron chi connectivity index (χ2n) is 8.27. The molecule has 0 saturated carbocycles. The Morgan fingerprint density at radius 1 is 1.15 bits per heavy atom. The molecule has 0 bridgehead atoms. The Labute approximate surface area is 159 Å². The van der Waals surface area contributed by atoms with E-state index in [0.29, 0.717) is 18.3 Å².